The monoisotopic (exact) mass is 467 g/mol. The van der Waals surface area contributed by atoms with Crippen LogP contribution >= 0.6 is 0 Å². The molecule has 1 fully saturated rings. The van der Waals surface area contributed by atoms with Crippen LogP contribution in [0.5, 0.6) is 5.75 Å². The molecule has 0 bridgehead atoms. The minimum absolute atomic E-state index is 0.139. The van der Waals surface area contributed by atoms with Gasteiger partial charge in [0.2, 0.25) is 10.0 Å². The fourth-order valence-electron chi connectivity index (χ4n) is 3.52. The number of amides is 1. The van der Waals surface area contributed by atoms with Gasteiger partial charge in [-0.15, -0.1) is 0 Å². The maximum atomic E-state index is 13.0. The van der Waals surface area contributed by atoms with Crippen LogP contribution in [0.2, 0.25) is 0 Å². The molecule has 0 aliphatic carbocycles. The van der Waals surface area contributed by atoms with E-state index in [0.29, 0.717) is 37.6 Å². The van der Waals surface area contributed by atoms with Crippen molar-refractivity contribution in [1.29, 1.82) is 0 Å². The van der Waals surface area contributed by atoms with Crippen molar-refractivity contribution in [1.82, 2.24) is 14.3 Å². The molecule has 1 amide bonds. The van der Waals surface area contributed by atoms with E-state index in [-0.39, 0.29) is 17.4 Å². The van der Waals surface area contributed by atoms with Crippen LogP contribution in [0.25, 0.3) is 0 Å². The van der Waals surface area contributed by atoms with E-state index in [1.54, 1.807) is 36.8 Å². The van der Waals surface area contributed by atoms with E-state index in [4.69, 9.17) is 4.74 Å². The Balaban J connectivity index is 1.32. The van der Waals surface area contributed by atoms with Crippen LogP contribution in [0.3, 0.4) is 0 Å². The zero-order chi connectivity index (χ0) is 23.3. The predicted octanol–water partition coefficient (Wildman–Crippen LogP) is 2.31. The number of nitrogens with zero attached hydrogens (tertiary/aromatic N) is 4. The summed E-state index contributed by atoms with van der Waals surface area (Å²) in [6, 6.07) is 13.6. The van der Waals surface area contributed by atoms with Gasteiger partial charge in [-0.2, -0.15) is 4.31 Å². The number of ether oxygens (including phenoxy) is 1. The molecule has 4 rings (SSSR count). The maximum absolute atomic E-state index is 13.0. The van der Waals surface area contributed by atoms with Crippen molar-refractivity contribution in [2.45, 2.75) is 11.8 Å². The summed E-state index contributed by atoms with van der Waals surface area (Å²) in [4.78, 5) is 22.7. The van der Waals surface area contributed by atoms with E-state index in [1.807, 2.05) is 30.0 Å². The highest BCUT2D eigenvalue weighted by Gasteiger charge is 2.29. The normalized spacial score (nSPS) is 14.6. The number of aromatic nitrogens is 2. The molecule has 3 aromatic rings. The van der Waals surface area contributed by atoms with Gasteiger partial charge in [-0.25, -0.2) is 13.4 Å². The van der Waals surface area contributed by atoms with Gasteiger partial charge < -0.3 is 15.0 Å². The van der Waals surface area contributed by atoms with Crippen LogP contribution in [0.15, 0.2) is 72.0 Å². The lowest BCUT2D eigenvalue weighted by Crippen LogP contribution is -2.48. The first kappa shape index (κ1) is 22.7. The highest BCUT2D eigenvalue weighted by Crippen LogP contribution is 2.21. The van der Waals surface area contributed by atoms with E-state index < -0.39 is 10.0 Å². The van der Waals surface area contributed by atoms with Crippen LogP contribution in [0.1, 0.15) is 5.56 Å². The molecule has 172 valence electrons. The van der Waals surface area contributed by atoms with Gasteiger partial charge in [0.25, 0.3) is 5.91 Å². The number of hydrogen-bond donors (Lipinski definition) is 1. The van der Waals surface area contributed by atoms with Crippen molar-refractivity contribution in [3.05, 3.63) is 72.7 Å². The van der Waals surface area contributed by atoms with Gasteiger partial charge in [0.1, 0.15) is 11.6 Å². The fraction of sp³-hybridized carbons (Fsp3) is 0.261. The van der Waals surface area contributed by atoms with Gasteiger partial charge in [0.15, 0.2) is 6.61 Å². The Morgan fingerprint density at radius 1 is 1.06 bits per heavy atom. The predicted molar refractivity (Wildman–Crippen MR) is 125 cm³/mol. The third-order valence-electron chi connectivity index (χ3n) is 5.25. The molecule has 9 nitrogen and oxygen atoms in total. The van der Waals surface area contributed by atoms with E-state index in [9.17, 15) is 13.2 Å². The van der Waals surface area contributed by atoms with Crippen LogP contribution in [0.4, 0.5) is 11.5 Å². The first-order chi connectivity index (χ1) is 15.9. The molecule has 0 saturated carbocycles. The average molecular weight is 468 g/mol. The molecule has 2 aromatic carbocycles. The number of benzene rings is 2. The molecule has 1 aliphatic heterocycles. The van der Waals surface area contributed by atoms with E-state index in [2.05, 4.69) is 15.3 Å². The number of anilines is 2. The minimum Gasteiger partial charge on any atom is -0.484 e. The quantitative estimate of drug-likeness (QED) is 0.569. The van der Waals surface area contributed by atoms with Gasteiger partial charge in [0, 0.05) is 44.3 Å². The van der Waals surface area contributed by atoms with Crippen LogP contribution in [0, 0.1) is 6.92 Å². The Labute approximate surface area is 193 Å². The molecule has 0 unspecified atom stereocenters. The molecule has 1 N–H and O–H groups in total. The molecule has 0 spiro atoms. The number of carbonyl (C=O) groups is 1. The van der Waals surface area contributed by atoms with Gasteiger partial charge in [-0.1, -0.05) is 12.1 Å². The summed E-state index contributed by atoms with van der Waals surface area (Å²) in [5.41, 5.74) is 1.54. The first-order valence-electron chi connectivity index (χ1n) is 10.5. The SMILES string of the molecule is Cc1cccc(OCC(=O)Nc2ccc(S(=O)(=O)N3CCN(c4cnccn4)CC3)cc2)c1. The lowest BCUT2D eigenvalue weighted by molar-refractivity contribution is -0.118. The second-order valence-corrected chi connectivity index (χ2v) is 9.57. The Kier molecular flexibility index (Phi) is 6.85. The Bertz CT molecular complexity index is 1200. The summed E-state index contributed by atoms with van der Waals surface area (Å²) in [6.45, 7) is 3.58. The van der Waals surface area contributed by atoms with Crippen molar-refractivity contribution in [2.24, 2.45) is 0 Å². The minimum atomic E-state index is -3.63. The molecule has 33 heavy (non-hydrogen) atoms. The number of carbonyl (C=O) groups excluding carboxylic acids is 1. The maximum Gasteiger partial charge on any atom is 0.262 e. The van der Waals surface area contributed by atoms with E-state index in [0.717, 1.165) is 11.4 Å². The lowest BCUT2D eigenvalue weighted by Gasteiger charge is -2.34. The first-order valence-corrected chi connectivity index (χ1v) is 12.0. The molecule has 0 radical (unpaired) electrons. The van der Waals surface area contributed by atoms with Crippen LogP contribution in [-0.2, 0) is 14.8 Å². The summed E-state index contributed by atoms with van der Waals surface area (Å²) in [6.07, 6.45) is 4.89. The highest BCUT2D eigenvalue weighted by molar-refractivity contribution is 7.89. The van der Waals surface area contributed by atoms with Crippen molar-refractivity contribution in [2.75, 3.05) is 43.0 Å². The van der Waals surface area contributed by atoms with Crippen LogP contribution < -0.4 is 15.0 Å². The Hall–Kier alpha value is -3.50. The largest absolute Gasteiger partial charge is 0.484 e. The second-order valence-electron chi connectivity index (χ2n) is 7.63. The zero-order valence-corrected chi connectivity index (χ0v) is 19.0. The van der Waals surface area contributed by atoms with Gasteiger partial charge >= 0.3 is 0 Å². The average Bonchev–Trinajstić information content (AvgIpc) is 2.84. The molecule has 1 aliphatic rings. The van der Waals surface area contributed by atoms with Crippen molar-refractivity contribution < 1.29 is 17.9 Å². The highest BCUT2D eigenvalue weighted by atomic mass is 32.2. The van der Waals surface area contributed by atoms with Gasteiger partial charge in [-0.3, -0.25) is 9.78 Å². The van der Waals surface area contributed by atoms with E-state index in [1.165, 1.54) is 16.4 Å². The van der Waals surface area contributed by atoms with E-state index >= 15 is 0 Å². The Morgan fingerprint density at radius 2 is 1.82 bits per heavy atom. The molecular formula is C23H25N5O4S. The molecule has 0 atom stereocenters. The number of piperazine rings is 1. The summed E-state index contributed by atoms with van der Waals surface area (Å²) in [7, 11) is -3.63. The zero-order valence-electron chi connectivity index (χ0n) is 18.2. The molecule has 2 heterocycles. The smallest absolute Gasteiger partial charge is 0.262 e. The second kappa shape index (κ2) is 9.97. The lowest BCUT2D eigenvalue weighted by atomic mass is 10.2. The number of sulfonamides is 1. The third kappa shape index (κ3) is 5.65. The summed E-state index contributed by atoms with van der Waals surface area (Å²) in [5.74, 6) is 1.03. The van der Waals surface area contributed by atoms with Crippen molar-refractivity contribution in [3.63, 3.8) is 0 Å². The fourth-order valence-corrected chi connectivity index (χ4v) is 4.94. The number of aryl methyl sites for hydroxylation is 1. The summed E-state index contributed by atoms with van der Waals surface area (Å²) >= 11 is 0. The molecule has 1 saturated heterocycles. The summed E-state index contributed by atoms with van der Waals surface area (Å²) in [5, 5.41) is 2.72. The van der Waals surface area contributed by atoms with Crippen molar-refractivity contribution in [3.8, 4) is 5.75 Å². The molecule has 1 aromatic heterocycles. The van der Waals surface area contributed by atoms with Gasteiger partial charge in [-0.05, 0) is 48.9 Å². The third-order valence-corrected chi connectivity index (χ3v) is 7.16. The molecule has 10 heteroatoms. The number of rotatable bonds is 7. The topological polar surface area (TPSA) is 105 Å². The number of hydrogen-bond acceptors (Lipinski definition) is 7. The molecular weight excluding hydrogens is 442 g/mol. The Morgan fingerprint density at radius 3 is 2.48 bits per heavy atom. The summed E-state index contributed by atoms with van der Waals surface area (Å²) < 4.78 is 33.0. The number of nitrogens with one attached hydrogen (secondary N) is 1. The standard InChI is InChI=1S/C23H25N5O4S/c1-18-3-2-4-20(15-18)32-17-23(29)26-19-5-7-21(8-6-19)33(30,31)28-13-11-27(12-14-28)22-16-24-9-10-25-22/h2-10,15-16H,11-14,17H2,1H3,(H,26,29). The van der Waals surface area contributed by atoms with Crippen LogP contribution in [-0.4, -0.2) is 61.4 Å². The van der Waals surface area contributed by atoms with Gasteiger partial charge in [0.05, 0.1) is 11.1 Å². The van der Waals surface area contributed by atoms with Crippen molar-refractivity contribution >= 4 is 27.4 Å².